The fraction of sp³-hybridized carbons (Fsp3) is 0.348. The van der Waals surface area contributed by atoms with Crippen LogP contribution in [-0.2, 0) is 9.53 Å². The van der Waals surface area contributed by atoms with E-state index in [1.165, 1.54) is 0 Å². The van der Waals surface area contributed by atoms with E-state index < -0.39 is 17.7 Å². The smallest absolute Gasteiger partial charge is 0.337 e. The average Bonchev–Trinajstić information content (AvgIpc) is 2.58. The molecule has 28 heavy (non-hydrogen) atoms. The number of ether oxygens (including phenoxy) is 1. The molecule has 0 aliphatic heterocycles. The number of carbonyl (C=O) groups is 1. The summed E-state index contributed by atoms with van der Waals surface area (Å²) in [5.41, 5.74) is 2.57. The van der Waals surface area contributed by atoms with Gasteiger partial charge in [0.25, 0.3) is 0 Å². The maximum absolute atomic E-state index is 12.2. The third kappa shape index (κ3) is 4.27. The van der Waals surface area contributed by atoms with Gasteiger partial charge in [0.05, 0.1) is 11.0 Å². The van der Waals surface area contributed by atoms with E-state index in [0.717, 1.165) is 27.5 Å². The first-order chi connectivity index (χ1) is 13.1. The zero-order valence-corrected chi connectivity index (χ0v) is 17.9. The Bertz CT molecular complexity index is 983. The second-order valence-electron chi connectivity index (χ2n) is 8.06. The molecule has 0 saturated heterocycles. The number of benzene rings is 2. The number of fused-ring (bicyclic) bond motifs is 1. The Morgan fingerprint density at radius 1 is 1.25 bits per heavy atom. The van der Waals surface area contributed by atoms with Gasteiger partial charge in [-0.2, -0.15) is 0 Å². The predicted octanol–water partition coefficient (Wildman–Crippen LogP) is 6.61. The molecule has 1 aliphatic carbocycles. The summed E-state index contributed by atoms with van der Waals surface area (Å²) in [6.07, 6.45) is 3.13. The summed E-state index contributed by atoms with van der Waals surface area (Å²) in [5, 5.41) is 12.3. The predicted molar refractivity (Wildman–Crippen MR) is 116 cm³/mol. The van der Waals surface area contributed by atoms with E-state index in [4.69, 9.17) is 27.9 Å². The van der Waals surface area contributed by atoms with Crippen molar-refractivity contribution in [2.24, 2.45) is 0 Å². The highest BCUT2D eigenvalue weighted by Crippen LogP contribution is 2.42. The second-order valence-corrected chi connectivity index (χ2v) is 9.07. The first-order valence-corrected chi connectivity index (χ1v) is 10.0. The van der Waals surface area contributed by atoms with Crippen molar-refractivity contribution in [3.8, 4) is 0 Å². The van der Waals surface area contributed by atoms with Gasteiger partial charge < -0.3 is 9.84 Å². The van der Waals surface area contributed by atoms with Crippen LogP contribution in [0.15, 0.2) is 47.5 Å². The monoisotopic (exact) mass is 418 g/mol. The molecule has 0 unspecified atom stereocenters. The Morgan fingerprint density at radius 2 is 1.93 bits per heavy atom. The maximum atomic E-state index is 12.2. The largest absolute Gasteiger partial charge is 0.479 e. The van der Waals surface area contributed by atoms with E-state index >= 15 is 0 Å². The number of allylic oxidation sites excluding steroid dienone is 4. The summed E-state index contributed by atoms with van der Waals surface area (Å²) in [6, 6.07) is 9.93. The minimum Gasteiger partial charge on any atom is -0.479 e. The molecule has 2 aromatic rings. The highest BCUT2D eigenvalue weighted by atomic mass is 35.5. The number of hydrogen-bond acceptors (Lipinski definition) is 2. The minimum atomic E-state index is -1.11. The quantitative estimate of drug-likeness (QED) is 0.568. The molecule has 3 rings (SSSR count). The van der Waals surface area contributed by atoms with Gasteiger partial charge in [0.1, 0.15) is 0 Å². The van der Waals surface area contributed by atoms with Crippen molar-refractivity contribution in [3.05, 3.63) is 64.2 Å². The standard InChI is InChI=1S/C23H24Cl2O3/c1-13-11-14-7-5-6-8-16(14)20(17-10-9-15(24)12-18(17)25)19(13)21(22(26)27)28-23(2,3)4/h5-11,18,21H,12H2,1-4H3,(H,26,27)/t18-,21+/m1/s1. The van der Waals surface area contributed by atoms with Crippen LogP contribution in [0.5, 0.6) is 0 Å². The van der Waals surface area contributed by atoms with Crippen molar-refractivity contribution >= 4 is 45.5 Å². The number of halogens is 2. The molecule has 0 aromatic heterocycles. The van der Waals surface area contributed by atoms with Crippen LogP contribution in [0.1, 0.15) is 50.0 Å². The van der Waals surface area contributed by atoms with E-state index in [1.54, 1.807) is 0 Å². The molecule has 0 fully saturated rings. The van der Waals surface area contributed by atoms with Crippen LogP contribution in [-0.4, -0.2) is 22.1 Å². The van der Waals surface area contributed by atoms with Gasteiger partial charge in [-0.05, 0) is 61.2 Å². The van der Waals surface area contributed by atoms with Gasteiger partial charge in [-0.25, -0.2) is 4.79 Å². The van der Waals surface area contributed by atoms with Crippen LogP contribution in [0.4, 0.5) is 0 Å². The van der Waals surface area contributed by atoms with E-state index in [2.05, 4.69) is 0 Å². The molecule has 0 spiro atoms. The lowest BCUT2D eigenvalue weighted by molar-refractivity contribution is -0.160. The first-order valence-electron chi connectivity index (χ1n) is 9.22. The van der Waals surface area contributed by atoms with E-state index in [9.17, 15) is 9.90 Å². The van der Waals surface area contributed by atoms with Crippen LogP contribution in [0, 0.1) is 6.92 Å². The lowest BCUT2D eigenvalue weighted by atomic mass is 9.84. The molecule has 5 heteroatoms. The molecule has 0 radical (unpaired) electrons. The molecule has 0 heterocycles. The molecular weight excluding hydrogens is 395 g/mol. The molecule has 3 nitrogen and oxygen atoms in total. The number of aliphatic carboxylic acids is 1. The molecule has 148 valence electrons. The van der Waals surface area contributed by atoms with Crippen molar-refractivity contribution in [2.75, 3.05) is 0 Å². The maximum Gasteiger partial charge on any atom is 0.337 e. The number of carboxylic acid groups (broad SMARTS) is 1. The SMILES string of the molecule is Cc1cc2ccccc2c(C2=CC=C(Cl)C[C@H]2Cl)c1[C@H](OC(C)(C)C)C(=O)O. The summed E-state index contributed by atoms with van der Waals surface area (Å²) < 4.78 is 5.99. The summed E-state index contributed by atoms with van der Waals surface area (Å²) >= 11 is 12.8. The highest BCUT2D eigenvalue weighted by Gasteiger charge is 2.33. The number of aryl methyl sites for hydroxylation is 1. The third-order valence-corrected chi connectivity index (χ3v) is 5.37. The first kappa shape index (κ1) is 20.9. The summed E-state index contributed by atoms with van der Waals surface area (Å²) in [4.78, 5) is 12.2. The van der Waals surface area contributed by atoms with Crippen LogP contribution < -0.4 is 0 Å². The molecule has 2 aromatic carbocycles. The normalized spacial score (nSPS) is 18.6. The summed E-state index contributed by atoms with van der Waals surface area (Å²) in [5.74, 6) is -1.02. The highest BCUT2D eigenvalue weighted by molar-refractivity contribution is 6.33. The molecular formula is C23H24Cl2O3. The Labute approximate surface area is 175 Å². The van der Waals surface area contributed by atoms with Gasteiger partial charge >= 0.3 is 5.97 Å². The van der Waals surface area contributed by atoms with E-state index in [1.807, 2.05) is 70.2 Å². The molecule has 0 bridgehead atoms. The van der Waals surface area contributed by atoms with Gasteiger partial charge in [0, 0.05) is 17.0 Å². The molecule has 1 aliphatic rings. The zero-order chi connectivity index (χ0) is 20.6. The minimum absolute atomic E-state index is 0.342. The topological polar surface area (TPSA) is 46.5 Å². The van der Waals surface area contributed by atoms with Crippen molar-refractivity contribution in [2.45, 2.75) is 51.2 Å². The second kappa shape index (κ2) is 7.90. The molecule has 1 N–H and O–H groups in total. The van der Waals surface area contributed by atoms with Crippen molar-refractivity contribution in [3.63, 3.8) is 0 Å². The van der Waals surface area contributed by atoms with Gasteiger partial charge in [-0.15, -0.1) is 11.6 Å². The van der Waals surface area contributed by atoms with E-state index in [0.29, 0.717) is 17.0 Å². The van der Waals surface area contributed by atoms with Crippen molar-refractivity contribution in [1.82, 2.24) is 0 Å². The Balaban J connectivity index is 2.36. The lowest BCUT2D eigenvalue weighted by Gasteiger charge is -2.30. The van der Waals surface area contributed by atoms with Gasteiger partial charge in [-0.3, -0.25) is 0 Å². The number of rotatable bonds is 4. The molecule has 2 atom stereocenters. The van der Waals surface area contributed by atoms with Crippen LogP contribution >= 0.6 is 23.2 Å². The van der Waals surface area contributed by atoms with Crippen LogP contribution in [0.2, 0.25) is 0 Å². The van der Waals surface area contributed by atoms with Crippen LogP contribution in [0.25, 0.3) is 16.3 Å². The van der Waals surface area contributed by atoms with E-state index in [-0.39, 0.29) is 5.38 Å². The van der Waals surface area contributed by atoms with Crippen LogP contribution in [0.3, 0.4) is 0 Å². The summed E-state index contributed by atoms with van der Waals surface area (Å²) in [6.45, 7) is 7.48. The average molecular weight is 419 g/mol. The number of carboxylic acids is 1. The van der Waals surface area contributed by atoms with Crippen molar-refractivity contribution < 1.29 is 14.6 Å². The molecule has 0 amide bonds. The number of hydrogen-bond donors (Lipinski definition) is 1. The van der Waals surface area contributed by atoms with Gasteiger partial charge in [0.2, 0.25) is 0 Å². The zero-order valence-electron chi connectivity index (χ0n) is 16.4. The lowest BCUT2D eigenvalue weighted by Crippen LogP contribution is -2.29. The number of alkyl halides is 1. The third-order valence-electron chi connectivity index (χ3n) is 4.70. The van der Waals surface area contributed by atoms with Gasteiger partial charge in [0.15, 0.2) is 6.10 Å². The fourth-order valence-corrected chi connectivity index (χ4v) is 4.26. The Morgan fingerprint density at radius 3 is 2.54 bits per heavy atom. The Kier molecular flexibility index (Phi) is 5.90. The molecule has 0 saturated carbocycles. The summed E-state index contributed by atoms with van der Waals surface area (Å²) in [7, 11) is 0. The van der Waals surface area contributed by atoms with Crippen molar-refractivity contribution in [1.29, 1.82) is 0 Å². The fourth-order valence-electron chi connectivity index (χ4n) is 3.61. The van der Waals surface area contributed by atoms with Gasteiger partial charge in [-0.1, -0.05) is 48.0 Å². The Hall–Kier alpha value is -1.81.